The van der Waals surface area contributed by atoms with Gasteiger partial charge in [0.15, 0.2) is 5.58 Å². The van der Waals surface area contributed by atoms with Crippen molar-refractivity contribution in [3.8, 4) is 33.6 Å². The van der Waals surface area contributed by atoms with Crippen molar-refractivity contribution in [3.05, 3.63) is 170 Å². The van der Waals surface area contributed by atoms with Crippen LogP contribution in [0.25, 0.3) is 119 Å². The van der Waals surface area contributed by atoms with Crippen molar-refractivity contribution < 1.29 is 8.83 Å². The van der Waals surface area contributed by atoms with E-state index in [0.717, 1.165) is 38.8 Å². The minimum atomic E-state index is 0.882. The number of benzene rings is 9. The monoisotopic (exact) mass is 692 g/mol. The molecule has 53 heavy (non-hydrogen) atoms. The number of furan rings is 2. The molecule has 0 radical (unpaired) electrons. The first-order valence-electron chi connectivity index (χ1n) is 18.0. The number of hydrogen-bond donors (Lipinski definition) is 0. The molecule has 0 bridgehead atoms. The summed E-state index contributed by atoms with van der Waals surface area (Å²) in [6.07, 6.45) is 0. The van der Waals surface area contributed by atoms with E-state index in [0.29, 0.717) is 0 Å². The van der Waals surface area contributed by atoms with Gasteiger partial charge in [-0.15, -0.1) is 11.3 Å². The van der Waals surface area contributed by atoms with E-state index in [4.69, 9.17) is 8.83 Å². The van der Waals surface area contributed by atoms with Gasteiger partial charge in [0.1, 0.15) is 16.9 Å². The molecule has 0 fully saturated rings. The van der Waals surface area contributed by atoms with Crippen molar-refractivity contribution in [1.82, 2.24) is 0 Å². The second kappa shape index (κ2) is 10.9. The van der Waals surface area contributed by atoms with E-state index >= 15 is 0 Å². The zero-order chi connectivity index (χ0) is 34.6. The van der Waals surface area contributed by atoms with Gasteiger partial charge in [-0.05, 0) is 91.0 Å². The number of para-hydroxylation sites is 1. The summed E-state index contributed by atoms with van der Waals surface area (Å²) < 4.78 is 15.6. The molecule has 12 aromatic rings. The van der Waals surface area contributed by atoms with E-state index in [2.05, 4.69) is 158 Å². The lowest BCUT2D eigenvalue weighted by molar-refractivity contribution is 0.635. The van der Waals surface area contributed by atoms with Crippen LogP contribution in [0.5, 0.6) is 0 Å². The van der Waals surface area contributed by atoms with Gasteiger partial charge in [-0.3, -0.25) is 0 Å². The lowest BCUT2D eigenvalue weighted by Crippen LogP contribution is -1.91. The quantitative estimate of drug-likeness (QED) is 0.172. The number of hydrogen-bond acceptors (Lipinski definition) is 3. The average molecular weight is 693 g/mol. The zero-order valence-electron chi connectivity index (χ0n) is 28.4. The van der Waals surface area contributed by atoms with Crippen molar-refractivity contribution in [1.29, 1.82) is 0 Å². The van der Waals surface area contributed by atoms with Gasteiger partial charge in [0, 0.05) is 37.2 Å². The minimum Gasteiger partial charge on any atom is -0.456 e. The molecule has 0 saturated heterocycles. The van der Waals surface area contributed by atoms with E-state index in [1.807, 2.05) is 23.5 Å². The van der Waals surface area contributed by atoms with Gasteiger partial charge in [-0.25, -0.2) is 0 Å². The summed E-state index contributed by atoms with van der Waals surface area (Å²) in [5.41, 5.74) is 8.72. The average Bonchev–Trinajstić information content (AvgIpc) is 3.94. The van der Waals surface area contributed by atoms with Crippen LogP contribution < -0.4 is 0 Å². The maximum Gasteiger partial charge on any atom is 0.153 e. The van der Waals surface area contributed by atoms with E-state index < -0.39 is 0 Å². The third kappa shape index (κ3) is 4.14. The molecule has 0 aliphatic carbocycles. The van der Waals surface area contributed by atoms with Crippen LogP contribution in [-0.4, -0.2) is 0 Å². The Morgan fingerprint density at radius 1 is 0.377 bits per heavy atom. The van der Waals surface area contributed by atoms with Crippen LogP contribution in [0, 0.1) is 0 Å². The third-order valence-corrected chi connectivity index (χ3v) is 12.2. The maximum absolute atomic E-state index is 6.87. The molecule has 3 heteroatoms. The molecular formula is C50H28O2S. The number of thiophene rings is 1. The second-order valence-corrected chi connectivity index (χ2v) is 15.0. The SMILES string of the molecule is c1ccc(-c2cc3c(-c4c5ccccc5c(-c5ccc6c(ccc7oc8ccccc8c76)c5)c5ccccc45)cc4c5ccccc5sc4c3o2)cc1. The second-order valence-electron chi connectivity index (χ2n) is 13.9. The highest BCUT2D eigenvalue weighted by atomic mass is 32.1. The Morgan fingerprint density at radius 2 is 1.04 bits per heavy atom. The largest absolute Gasteiger partial charge is 0.456 e. The summed E-state index contributed by atoms with van der Waals surface area (Å²) in [7, 11) is 0. The molecule has 0 aliphatic rings. The predicted molar refractivity (Wildman–Crippen MR) is 225 cm³/mol. The van der Waals surface area contributed by atoms with Crippen LogP contribution in [0.4, 0.5) is 0 Å². The molecule has 9 aromatic carbocycles. The van der Waals surface area contributed by atoms with Crippen molar-refractivity contribution in [3.63, 3.8) is 0 Å². The Labute approximate surface area is 307 Å². The van der Waals surface area contributed by atoms with Crippen LogP contribution in [0.1, 0.15) is 0 Å². The van der Waals surface area contributed by atoms with Gasteiger partial charge < -0.3 is 8.83 Å². The summed E-state index contributed by atoms with van der Waals surface area (Å²) >= 11 is 1.81. The molecule has 0 saturated carbocycles. The van der Waals surface area contributed by atoms with Gasteiger partial charge in [-0.2, -0.15) is 0 Å². The van der Waals surface area contributed by atoms with Crippen molar-refractivity contribution >= 4 is 96.7 Å². The third-order valence-electron chi connectivity index (χ3n) is 11.1. The van der Waals surface area contributed by atoms with Crippen molar-refractivity contribution in [2.24, 2.45) is 0 Å². The standard InChI is InChI=1S/C50H28O2S/c1-2-12-29(13-3-1)44-28-40-39(27-41-33-14-9-11-21-45(33)53-50(41)49(40)52-44)47-36-17-6-4-15-34(36)46(35-16-5-7-18-37(35)47)31-22-24-32-30(26-31)23-25-43-48(32)38-19-8-10-20-42(38)51-43/h1-28H. The van der Waals surface area contributed by atoms with Gasteiger partial charge >= 0.3 is 0 Å². The van der Waals surface area contributed by atoms with Crippen LogP contribution in [-0.2, 0) is 0 Å². The molecule has 12 rings (SSSR count). The fraction of sp³-hybridized carbons (Fsp3) is 0. The van der Waals surface area contributed by atoms with Crippen LogP contribution >= 0.6 is 11.3 Å². The van der Waals surface area contributed by atoms with Crippen molar-refractivity contribution in [2.45, 2.75) is 0 Å². The Hall–Kier alpha value is -6.68. The van der Waals surface area contributed by atoms with Crippen LogP contribution in [0.15, 0.2) is 179 Å². The Morgan fingerprint density at radius 3 is 1.81 bits per heavy atom. The fourth-order valence-electron chi connectivity index (χ4n) is 8.75. The first-order valence-corrected chi connectivity index (χ1v) is 18.8. The van der Waals surface area contributed by atoms with E-state index in [1.165, 1.54) is 80.1 Å². The lowest BCUT2D eigenvalue weighted by atomic mass is 9.84. The molecule has 0 aliphatic heterocycles. The van der Waals surface area contributed by atoms with Crippen LogP contribution in [0.2, 0.25) is 0 Å². The molecule has 0 atom stereocenters. The molecule has 0 N–H and O–H groups in total. The predicted octanol–water partition coefficient (Wildman–Crippen LogP) is 15.2. The fourth-order valence-corrected chi connectivity index (χ4v) is 9.93. The lowest BCUT2D eigenvalue weighted by Gasteiger charge is -2.18. The molecule has 246 valence electrons. The number of rotatable bonds is 3. The first-order chi connectivity index (χ1) is 26.3. The van der Waals surface area contributed by atoms with Gasteiger partial charge in [0.05, 0.1) is 4.70 Å². The minimum absolute atomic E-state index is 0.882. The maximum atomic E-state index is 6.87. The Kier molecular flexibility index (Phi) is 5.96. The zero-order valence-corrected chi connectivity index (χ0v) is 29.2. The smallest absolute Gasteiger partial charge is 0.153 e. The molecule has 3 aromatic heterocycles. The molecule has 0 spiro atoms. The summed E-state index contributed by atoms with van der Waals surface area (Å²) in [4.78, 5) is 0. The highest BCUT2D eigenvalue weighted by Gasteiger charge is 2.23. The summed E-state index contributed by atoms with van der Waals surface area (Å²) in [6.45, 7) is 0. The van der Waals surface area contributed by atoms with Gasteiger partial charge in [0.25, 0.3) is 0 Å². The van der Waals surface area contributed by atoms with E-state index in [9.17, 15) is 0 Å². The van der Waals surface area contributed by atoms with Gasteiger partial charge in [-0.1, -0.05) is 133 Å². The molecular weight excluding hydrogens is 665 g/mol. The summed E-state index contributed by atoms with van der Waals surface area (Å²) in [5, 5.41) is 13.2. The highest BCUT2D eigenvalue weighted by molar-refractivity contribution is 7.26. The molecule has 0 unspecified atom stereocenters. The highest BCUT2D eigenvalue weighted by Crippen LogP contribution is 2.50. The Bertz CT molecular complexity index is 3390. The summed E-state index contributed by atoms with van der Waals surface area (Å²) in [6, 6.07) is 61.3. The molecule has 0 amide bonds. The first kappa shape index (κ1) is 29.0. The van der Waals surface area contributed by atoms with Gasteiger partial charge in [0.2, 0.25) is 0 Å². The van der Waals surface area contributed by atoms with E-state index in [1.54, 1.807) is 0 Å². The number of fused-ring (bicyclic) bond motifs is 12. The molecule has 3 heterocycles. The summed E-state index contributed by atoms with van der Waals surface area (Å²) in [5.74, 6) is 0.882. The normalized spacial score (nSPS) is 12.2. The Balaban J connectivity index is 1.18. The van der Waals surface area contributed by atoms with E-state index in [-0.39, 0.29) is 0 Å². The van der Waals surface area contributed by atoms with Crippen molar-refractivity contribution in [2.75, 3.05) is 0 Å². The van der Waals surface area contributed by atoms with Crippen LogP contribution in [0.3, 0.4) is 0 Å². The topological polar surface area (TPSA) is 26.3 Å². The molecule has 2 nitrogen and oxygen atoms in total.